The van der Waals surface area contributed by atoms with Gasteiger partial charge in [-0.15, -0.1) is 0 Å². The first kappa shape index (κ1) is 17.0. The van der Waals surface area contributed by atoms with Crippen molar-refractivity contribution in [1.29, 1.82) is 0 Å². The molecule has 0 unspecified atom stereocenters. The summed E-state index contributed by atoms with van der Waals surface area (Å²) in [6.45, 7) is 2.38. The summed E-state index contributed by atoms with van der Waals surface area (Å²) in [6, 6.07) is 12.7. The molecular weight excluding hydrogens is 343 g/mol. The summed E-state index contributed by atoms with van der Waals surface area (Å²) in [7, 11) is 1.77. The molecule has 0 saturated carbocycles. The van der Waals surface area contributed by atoms with E-state index in [0.29, 0.717) is 17.7 Å². The summed E-state index contributed by atoms with van der Waals surface area (Å²) >= 11 is 0. The van der Waals surface area contributed by atoms with Crippen LogP contribution < -0.4 is 5.32 Å². The number of benzene rings is 2. The largest absolute Gasteiger partial charge is 0.354 e. The number of amides is 1. The molecule has 27 heavy (non-hydrogen) atoms. The van der Waals surface area contributed by atoms with Gasteiger partial charge in [0.15, 0.2) is 0 Å². The number of aromatic nitrogens is 3. The second kappa shape index (κ2) is 6.72. The maximum atomic E-state index is 14.2. The van der Waals surface area contributed by atoms with Gasteiger partial charge in [0.05, 0.1) is 17.5 Å². The van der Waals surface area contributed by atoms with E-state index in [4.69, 9.17) is 0 Å². The fourth-order valence-corrected chi connectivity index (χ4v) is 3.24. The standard InChI is InChI=1S/C21H19FN4O/c1-13-17-9-14(10-23-21(27)15-11-24-26(2)12-15)7-8-19(17)25-20(13)16-5-3-4-6-18(16)22/h3-9,11-12,25H,10H2,1-2H3,(H,23,27). The maximum absolute atomic E-state index is 14.2. The lowest BCUT2D eigenvalue weighted by molar-refractivity contribution is 0.0951. The van der Waals surface area contributed by atoms with Gasteiger partial charge in [0.25, 0.3) is 5.91 Å². The topological polar surface area (TPSA) is 62.7 Å². The summed E-state index contributed by atoms with van der Waals surface area (Å²) in [5.74, 6) is -0.419. The minimum atomic E-state index is -0.254. The number of nitrogens with zero attached hydrogens (tertiary/aromatic N) is 2. The van der Waals surface area contributed by atoms with E-state index < -0.39 is 0 Å². The molecule has 0 radical (unpaired) electrons. The zero-order chi connectivity index (χ0) is 19.0. The fraction of sp³-hybridized carbons (Fsp3) is 0.143. The molecule has 0 bridgehead atoms. The average Bonchev–Trinajstić information content (AvgIpc) is 3.24. The Morgan fingerprint density at radius 1 is 1.26 bits per heavy atom. The van der Waals surface area contributed by atoms with Crippen molar-refractivity contribution in [2.24, 2.45) is 7.05 Å². The number of H-pyrrole nitrogens is 1. The van der Waals surface area contributed by atoms with Crippen LogP contribution in [0.5, 0.6) is 0 Å². The Kier molecular flexibility index (Phi) is 4.24. The Bertz CT molecular complexity index is 1140. The van der Waals surface area contributed by atoms with Crippen LogP contribution in [0, 0.1) is 12.7 Å². The molecule has 0 saturated heterocycles. The van der Waals surface area contributed by atoms with Crippen molar-refractivity contribution in [2.45, 2.75) is 13.5 Å². The number of rotatable bonds is 4. The fourth-order valence-electron chi connectivity index (χ4n) is 3.24. The van der Waals surface area contributed by atoms with E-state index in [2.05, 4.69) is 15.4 Å². The Hall–Kier alpha value is -3.41. The quantitative estimate of drug-likeness (QED) is 0.577. The normalized spacial score (nSPS) is 11.1. The Labute approximate surface area is 155 Å². The van der Waals surface area contributed by atoms with Crippen molar-refractivity contribution in [2.75, 3.05) is 0 Å². The number of fused-ring (bicyclic) bond motifs is 1. The second-order valence-corrected chi connectivity index (χ2v) is 6.57. The predicted molar refractivity (Wildman–Crippen MR) is 103 cm³/mol. The summed E-state index contributed by atoms with van der Waals surface area (Å²) < 4.78 is 15.8. The number of carbonyl (C=O) groups excluding carboxylic acids is 1. The molecule has 0 aliphatic rings. The van der Waals surface area contributed by atoms with Gasteiger partial charge >= 0.3 is 0 Å². The number of aromatic amines is 1. The van der Waals surface area contributed by atoms with Crippen molar-refractivity contribution < 1.29 is 9.18 Å². The molecule has 2 N–H and O–H groups in total. The number of hydrogen-bond donors (Lipinski definition) is 2. The van der Waals surface area contributed by atoms with Crippen molar-refractivity contribution in [3.8, 4) is 11.3 Å². The zero-order valence-corrected chi connectivity index (χ0v) is 15.1. The van der Waals surface area contributed by atoms with E-state index >= 15 is 0 Å². The van der Waals surface area contributed by atoms with Crippen LogP contribution in [0.15, 0.2) is 54.9 Å². The number of aryl methyl sites for hydroxylation is 2. The SMILES string of the molecule is Cc1c(-c2ccccc2F)[nH]c2ccc(CNC(=O)c3cnn(C)c3)cc12. The predicted octanol–water partition coefficient (Wildman–Crippen LogP) is 3.95. The van der Waals surface area contributed by atoms with Crippen LogP contribution in [0.2, 0.25) is 0 Å². The van der Waals surface area contributed by atoms with Gasteiger partial charge in [-0.3, -0.25) is 9.48 Å². The van der Waals surface area contributed by atoms with E-state index in [9.17, 15) is 9.18 Å². The lowest BCUT2D eigenvalue weighted by Gasteiger charge is -2.04. The van der Waals surface area contributed by atoms with Gasteiger partial charge in [0.1, 0.15) is 5.82 Å². The van der Waals surface area contributed by atoms with Gasteiger partial charge < -0.3 is 10.3 Å². The number of halogens is 1. The summed E-state index contributed by atoms with van der Waals surface area (Å²) in [5.41, 5.74) is 4.75. The molecule has 1 amide bonds. The molecule has 0 spiro atoms. The molecule has 4 rings (SSSR count). The Morgan fingerprint density at radius 3 is 2.81 bits per heavy atom. The highest BCUT2D eigenvalue weighted by Crippen LogP contribution is 2.31. The Morgan fingerprint density at radius 2 is 2.07 bits per heavy atom. The third-order valence-electron chi connectivity index (χ3n) is 4.69. The molecule has 2 heterocycles. The Balaban J connectivity index is 1.60. The minimum Gasteiger partial charge on any atom is -0.354 e. The van der Waals surface area contributed by atoms with Crippen LogP contribution >= 0.6 is 0 Å². The van der Waals surface area contributed by atoms with E-state index in [1.807, 2.05) is 31.2 Å². The van der Waals surface area contributed by atoms with E-state index in [0.717, 1.165) is 27.7 Å². The molecular formula is C21H19FN4O. The molecule has 0 aliphatic carbocycles. The average molecular weight is 362 g/mol. The molecule has 4 aromatic rings. The monoisotopic (exact) mass is 362 g/mol. The first-order chi connectivity index (χ1) is 13.0. The number of nitrogens with one attached hydrogen (secondary N) is 2. The van der Waals surface area contributed by atoms with Crippen LogP contribution in [0.3, 0.4) is 0 Å². The van der Waals surface area contributed by atoms with Crippen LogP contribution in [0.1, 0.15) is 21.5 Å². The van der Waals surface area contributed by atoms with Crippen LogP contribution in [0.4, 0.5) is 4.39 Å². The highest BCUT2D eigenvalue weighted by Gasteiger charge is 2.13. The molecule has 5 nitrogen and oxygen atoms in total. The second-order valence-electron chi connectivity index (χ2n) is 6.57. The summed E-state index contributed by atoms with van der Waals surface area (Å²) in [5, 5.41) is 7.92. The highest BCUT2D eigenvalue weighted by molar-refractivity contribution is 5.94. The van der Waals surface area contributed by atoms with Crippen molar-refractivity contribution in [3.63, 3.8) is 0 Å². The molecule has 0 atom stereocenters. The van der Waals surface area contributed by atoms with Gasteiger partial charge in [-0.1, -0.05) is 18.2 Å². The van der Waals surface area contributed by atoms with Gasteiger partial charge in [0.2, 0.25) is 0 Å². The lowest BCUT2D eigenvalue weighted by atomic mass is 10.0. The van der Waals surface area contributed by atoms with Crippen LogP contribution in [-0.2, 0) is 13.6 Å². The molecule has 0 aliphatic heterocycles. The van der Waals surface area contributed by atoms with Gasteiger partial charge in [-0.25, -0.2) is 4.39 Å². The third-order valence-corrected chi connectivity index (χ3v) is 4.69. The molecule has 0 fully saturated rings. The summed E-state index contributed by atoms with van der Waals surface area (Å²) in [6.07, 6.45) is 3.21. The van der Waals surface area contributed by atoms with Gasteiger partial charge in [-0.05, 0) is 42.3 Å². The molecule has 6 heteroatoms. The third kappa shape index (κ3) is 3.21. The highest BCUT2D eigenvalue weighted by atomic mass is 19.1. The van der Waals surface area contributed by atoms with Crippen LogP contribution in [-0.4, -0.2) is 20.7 Å². The number of hydrogen-bond acceptors (Lipinski definition) is 2. The van der Waals surface area contributed by atoms with Crippen molar-refractivity contribution in [1.82, 2.24) is 20.1 Å². The molecule has 136 valence electrons. The van der Waals surface area contributed by atoms with Gasteiger partial charge in [-0.2, -0.15) is 5.10 Å². The molecule has 2 aromatic carbocycles. The zero-order valence-electron chi connectivity index (χ0n) is 15.1. The van der Waals surface area contributed by atoms with E-state index in [-0.39, 0.29) is 11.7 Å². The summed E-state index contributed by atoms with van der Waals surface area (Å²) in [4.78, 5) is 15.5. The van der Waals surface area contributed by atoms with Gasteiger partial charge in [0, 0.05) is 36.3 Å². The maximum Gasteiger partial charge on any atom is 0.254 e. The minimum absolute atomic E-state index is 0.166. The van der Waals surface area contributed by atoms with E-state index in [1.165, 1.54) is 12.3 Å². The van der Waals surface area contributed by atoms with Crippen molar-refractivity contribution in [3.05, 3.63) is 77.4 Å². The smallest absolute Gasteiger partial charge is 0.254 e. The van der Waals surface area contributed by atoms with Crippen LogP contribution in [0.25, 0.3) is 22.2 Å². The van der Waals surface area contributed by atoms with E-state index in [1.54, 1.807) is 30.1 Å². The molecule has 2 aromatic heterocycles. The first-order valence-electron chi connectivity index (χ1n) is 8.66. The van der Waals surface area contributed by atoms with Crippen molar-refractivity contribution >= 4 is 16.8 Å². The number of carbonyl (C=O) groups is 1. The first-order valence-corrected chi connectivity index (χ1v) is 8.66. The lowest BCUT2D eigenvalue weighted by Crippen LogP contribution is -2.22.